The van der Waals surface area contributed by atoms with Crippen LogP contribution in [-0.4, -0.2) is 66.8 Å². The van der Waals surface area contributed by atoms with Crippen LogP contribution in [-0.2, 0) is 16.1 Å². The minimum absolute atomic E-state index is 0.00853. The van der Waals surface area contributed by atoms with Crippen molar-refractivity contribution in [2.45, 2.75) is 78.0 Å². The highest BCUT2D eigenvalue weighted by atomic mass is 16.6. The van der Waals surface area contributed by atoms with E-state index in [0.29, 0.717) is 37.7 Å². The van der Waals surface area contributed by atoms with Crippen molar-refractivity contribution in [1.82, 2.24) is 9.80 Å². The Kier molecular flexibility index (Phi) is 9.09. The summed E-state index contributed by atoms with van der Waals surface area (Å²) in [6.07, 6.45) is 4.35. The van der Waals surface area contributed by atoms with E-state index in [0.717, 1.165) is 66.7 Å². The highest BCUT2D eigenvalue weighted by Gasteiger charge is 2.37. The zero-order valence-corrected chi connectivity index (χ0v) is 25.0. The molecular weight excluding hydrogens is 536 g/mol. The van der Waals surface area contributed by atoms with Crippen molar-refractivity contribution in [2.75, 3.05) is 37.4 Å². The number of rotatable bonds is 9. The Morgan fingerprint density at radius 1 is 1.02 bits per heavy atom. The van der Waals surface area contributed by atoms with Gasteiger partial charge in [-0.3, -0.25) is 4.79 Å². The summed E-state index contributed by atoms with van der Waals surface area (Å²) in [7, 11) is 1.62. The highest BCUT2D eigenvalue weighted by molar-refractivity contribution is 5.95. The molecule has 4 amide bonds. The van der Waals surface area contributed by atoms with Crippen LogP contribution in [0.5, 0.6) is 11.5 Å². The number of carbonyl (C=O) groups is 3. The Balaban J connectivity index is 1.15. The molecule has 3 aliphatic rings. The molecule has 2 aliphatic heterocycles. The number of methoxy groups -OCH3 is 1. The molecule has 42 heavy (non-hydrogen) atoms. The van der Waals surface area contributed by atoms with Crippen molar-refractivity contribution < 1.29 is 28.6 Å². The number of aryl methyl sites for hydroxylation is 2. The first-order valence-corrected chi connectivity index (χ1v) is 15.0. The number of carbonyl (C=O) groups excluding carboxylic acids is 3. The van der Waals surface area contributed by atoms with Gasteiger partial charge in [-0.15, -0.1) is 0 Å². The summed E-state index contributed by atoms with van der Waals surface area (Å²) in [5.41, 5.74) is 4.57. The molecule has 2 aromatic rings. The van der Waals surface area contributed by atoms with Crippen LogP contribution in [0.15, 0.2) is 30.3 Å². The van der Waals surface area contributed by atoms with Crippen LogP contribution in [0.25, 0.3) is 0 Å². The number of nitrogens with zero attached hydrogens (tertiary/aromatic N) is 2. The number of likely N-dealkylation sites (tertiary alicyclic amines) is 1. The van der Waals surface area contributed by atoms with Crippen LogP contribution in [0.2, 0.25) is 0 Å². The molecule has 10 nitrogen and oxygen atoms in total. The second-order valence-corrected chi connectivity index (χ2v) is 11.6. The van der Waals surface area contributed by atoms with Crippen molar-refractivity contribution in [3.8, 4) is 11.5 Å². The second-order valence-electron chi connectivity index (χ2n) is 11.6. The smallest absolute Gasteiger partial charge is 0.410 e. The van der Waals surface area contributed by atoms with E-state index in [1.54, 1.807) is 12.0 Å². The fraction of sp³-hybridized carbons (Fsp3) is 0.531. The monoisotopic (exact) mass is 578 g/mol. The number of urea groups is 1. The van der Waals surface area contributed by atoms with Gasteiger partial charge in [-0.25, -0.2) is 9.59 Å². The van der Waals surface area contributed by atoms with Gasteiger partial charge in [0.1, 0.15) is 17.6 Å². The first-order valence-electron chi connectivity index (χ1n) is 15.0. The van der Waals surface area contributed by atoms with E-state index in [1.807, 2.05) is 49.1 Å². The van der Waals surface area contributed by atoms with E-state index < -0.39 is 0 Å². The van der Waals surface area contributed by atoms with E-state index in [1.165, 1.54) is 0 Å². The normalized spacial score (nSPS) is 20.2. The average Bonchev–Trinajstić information content (AvgIpc) is 2.96. The summed E-state index contributed by atoms with van der Waals surface area (Å²) in [6.45, 7) is 7.91. The van der Waals surface area contributed by atoms with Crippen LogP contribution >= 0.6 is 0 Å². The fourth-order valence-corrected chi connectivity index (χ4v) is 5.91. The quantitative estimate of drug-likeness (QED) is 0.361. The zero-order valence-electron chi connectivity index (χ0n) is 25.0. The first kappa shape index (κ1) is 29.5. The Morgan fingerprint density at radius 2 is 1.76 bits per heavy atom. The summed E-state index contributed by atoms with van der Waals surface area (Å²) in [4.78, 5) is 42.0. The van der Waals surface area contributed by atoms with Gasteiger partial charge in [-0.1, -0.05) is 25.5 Å². The molecule has 226 valence electrons. The predicted octanol–water partition coefficient (Wildman–Crippen LogP) is 5.86. The van der Waals surface area contributed by atoms with Crippen LogP contribution in [0, 0.1) is 19.8 Å². The van der Waals surface area contributed by atoms with Gasteiger partial charge in [0, 0.05) is 29.3 Å². The van der Waals surface area contributed by atoms with Crippen LogP contribution in [0.1, 0.15) is 62.1 Å². The Hall–Kier alpha value is -3.95. The minimum Gasteiger partial charge on any atom is -0.496 e. The number of hydrogen-bond acceptors (Lipinski definition) is 6. The second kappa shape index (κ2) is 12.9. The SMILES string of the molecule is CCCCOC(=O)N1CC(Oc2ccc(C)c3c2NC(=O)N(C2CCC(C(=O)Nc4ccc(C)c(OC)c4)CC2)C3)C1. The maximum absolute atomic E-state index is 13.3. The standard InChI is InChI=1S/C32H42N4O6/c1-5-6-15-41-32(39)35-17-25(18-35)42-27-14-8-20(2)26-19-36(31(38)34-29(26)27)24-12-9-22(10-13-24)30(37)33-23-11-7-21(3)28(16-23)40-4/h7-8,11,14,16,22,24-25H,5-6,9-10,12-13,15,17-19H2,1-4H3,(H,33,37)(H,34,38). The molecule has 2 aromatic carbocycles. The van der Waals surface area contributed by atoms with Crippen molar-refractivity contribution >= 4 is 29.4 Å². The zero-order chi connectivity index (χ0) is 29.8. The molecule has 1 saturated carbocycles. The third-order valence-electron chi connectivity index (χ3n) is 8.64. The van der Waals surface area contributed by atoms with Gasteiger partial charge < -0.3 is 34.6 Å². The summed E-state index contributed by atoms with van der Waals surface area (Å²) < 4.78 is 16.9. The lowest BCUT2D eigenvalue weighted by Gasteiger charge is -2.41. The van der Waals surface area contributed by atoms with Gasteiger partial charge in [-0.05, 0) is 69.2 Å². The van der Waals surface area contributed by atoms with E-state index in [4.69, 9.17) is 14.2 Å². The topological polar surface area (TPSA) is 109 Å². The van der Waals surface area contributed by atoms with Crippen LogP contribution < -0.4 is 20.1 Å². The lowest BCUT2D eigenvalue weighted by Crippen LogP contribution is -2.56. The number of anilines is 2. The third-order valence-corrected chi connectivity index (χ3v) is 8.64. The molecule has 2 N–H and O–H groups in total. The first-order chi connectivity index (χ1) is 20.3. The number of amides is 4. The molecule has 0 aromatic heterocycles. The molecule has 0 radical (unpaired) electrons. The van der Waals surface area contributed by atoms with Gasteiger partial charge in [0.05, 0.1) is 39.0 Å². The Labute approximate surface area is 247 Å². The van der Waals surface area contributed by atoms with Crippen molar-refractivity contribution in [3.05, 3.63) is 47.0 Å². The summed E-state index contributed by atoms with van der Waals surface area (Å²) in [5.74, 6) is 1.28. The van der Waals surface area contributed by atoms with E-state index in [9.17, 15) is 14.4 Å². The van der Waals surface area contributed by atoms with Crippen LogP contribution in [0.3, 0.4) is 0 Å². The lowest BCUT2D eigenvalue weighted by molar-refractivity contribution is -0.121. The largest absolute Gasteiger partial charge is 0.496 e. The molecule has 0 atom stereocenters. The average molecular weight is 579 g/mol. The van der Waals surface area contributed by atoms with Gasteiger partial charge >= 0.3 is 12.1 Å². The number of hydrogen-bond donors (Lipinski definition) is 2. The maximum Gasteiger partial charge on any atom is 0.410 e. The molecule has 1 saturated heterocycles. The molecule has 2 heterocycles. The Bertz CT molecular complexity index is 1320. The molecule has 0 spiro atoms. The summed E-state index contributed by atoms with van der Waals surface area (Å²) >= 11 is 0. The summed E-state index contributed by atoms with van der Waals surface area (Å²) in [5, 5.41) is 6.12. The third kappa shape index (κ3) is 6.42. The van der Waals surface area contributed by atoms with Gasteiger partial charge in [0.25, 0.3) is 0 Å². The molecular formula is C32H42N4O6. The molecule has 5 rings (SSSR count). The molecule has 2 fully saturated rings. The number of fused-ring (bicyclic) bond motifs is 1. The molecule has 10 heteroatoms. The number of benzene rings is 2. The predicted molar refractivity (Wildman–Crippen MR) is 160 cm³/mol. The maximum atomic E-state index is 13.3. The van der Waals surface area contributed by atoms with Crippen molar-refractivity contribution in [3.63, 3.8) is 0 Å². The van der Waals surface area contributed by atoms with Crippen LogP contribution in [0.4, 0.5) is 21.0 Å². The minimum atomic E-state index is -0.305. The number of ether oxygens (including phenoxy) is 3. The Morgan fingerprint density at radius 3 is 2.48 bits per heavy atom. The number of unbranched alkanes of at least 4 members (excludes halogenated alkanes) is 1. The number of nitrogens with one attached hydrogen (secondary N) is 2. The van der Waals surface area contributed by atoms with E-state index in [2.05, 4.69) is 17.6 Å². The van der Waals surface area contributed by atoms with Gasteiger partial charge in [0.2, 0.25) is 5.91 Å². The molecule has 0 unspecified atom stereocenters. The molecule has 0 bridgehead atoms. The molecule has 1 aliphatic carbocycles. The van der Waals surface area contributed by atoms with Crippen molar-refractivity contribution in [1.29, 1.82) is 0 Å². The van der Waals surface area contributed by atoms with E-state index >= 15 is 0 Å². The van der Waals surface area contributed by atoms with Crippen molar-refractivity contribution in [2.24, 2.45) is 5.92 Å². The fourth-order valence-electron chi connectivity index (χ4n) is 5.91. The van der Waals surface area contributed by atoms with E-state index in [-0.39, 0.29) is 36.1 Å². The highest BCUT2D eigenvalue weighted by Crippen LogP contribution is 2.39. The van der Waals surface area contributed by atoms with Gasteiger partial charge in [0.15, 0.2) is 0 Å². The van der Waals surface area contributed by atoms with Gasteiger partial charge in [-0.2, -0.15) is 0 Å². The summed E-state index contributed by atoms with van der Waals surface area (Å²) in [6, 6.07) is 9.49. The lowest BCUT2D eigenvalue weighted by atomic mass is 9.84.